The molecule has 6 heteroatoms. The average molecular weight is 357 g/mol. The Morgan fingerprint density at radius 2 is 1.61 bits per heavy atom. The average Bonchev–Trinajstić information content (AvgIpc) is 2.55. The number of hydrogen-bond donors (Lipinski definition) is 0. The number of ether oxygens (including phenoxy) is 4. The highest BCUT2D eigenvalue weighted by molar-refractivity contribution is 6.37. The number of methoxy groups -OCH3 is 1. The van der Waals surface area contributed by atoms with Crippen molar-refractivity contribution in [1.82, 2.24) is 0 Å². The van der Waals surface area contributed by atoms with E-state index in [0.717, 1.165) is 5.56 Å². The molecule has 0 bridgehead atoms. The van der Waals surface area contributed by atoms with Gasteiger partial charge in [-0.05, 0) is 5.56 Å². The van der Waals surface area contributed by atoms with Crippen LogP contribution in [0.3, 0.4) is 0 Å². The summed E-state index contributed by atoms with van der Waals surface area (Å²) in [7, 11) is 1.61. The van der Waals surface area contributed by atoms with Crippen LogP contribution in [0.4, 0.5) is 0 Å². The van der Waals surface area contributed by atoms with Crippen molar-refractivity contribution in [2.75, 3.05) is 27.1 Å². The number of halogens is 2. The van der Waals surface area contributed by atoms with Crippen molar-refractivity contribution in [2.24, 2.45) is 0 Å². The molecule has 0 aliphatic heterocycles. The standard InChI is InChI=1S/C17H18Cl2O4/c1-20-7-8-21-12-23-14-9-15(18)17(16(19)10-14)22-11-13-5-3-2-4-6-13/h2-6,9-10H,7-8,11-12H2,1H3. The molecule has 0 spiro atoms. The predicted molar refractivity (Wildman–Crippen MR) is 90.6 cm³/mol. The molecule has 0 amide bonds. The second-order valence-electron chi connectivity index (χ2n) is 4.65. The molecule has 2 aromatic carbocycles. The van der Waals surface area contributed by atoms with Gasteiger partial charge in [0, 0.05) is 19.2 Å². The number of hydrogen-bond acceptors (Lipinski definition) is 4. The Morgan fingerprint density at radius 1 is 0.913 bits per heavy atom. The van der Waals surface area contributed by atoms with E-state index in [2.05, 4.69) is 0 Å². The van der Waals surface area contributed by atoms with E-state index in [0.29, 0.717) is 41.4 Å². The van der Waals surface area contributed by atoms with E-state index in [9.17, 15) is 0 Å². The normalized spacial score (nSPS) is 10.6. The lowest BCUT2D eigenvalue weighted by Gasteiger charge is -2.13. The zero-order valence-corrected chi connectivity index (χ0v) is 14.3. The molecule has 0 aliphatic carbocycles. The first-order valence-corrected chi connectivity index (χ1v) is 7.81. The van der Waals surface area contributed by atoms with Crippen molar-refractivity contribution in [2.45, 2.75) is 6.61 Å². The zero-order valence-electron chi connectivity index (χ0n) is 12.8. The predicted octanol–water partition coefficient (Wildman–Crippen LogP) is 4.57. The first kappa shape index (κ1) is 17.9. The van der Waals surface area contributed by atoms with E-state index in [1.165, 1.54) is 0 Å². The molecule has 0 fully saturated rings. The van der Waals surface area contributed by atoms with E-state index in [-0.39, 0.29) is 6.79 Å². The van der Waals surface area contributed by atoms with Crippen LogP contribution in [0.25, 0.3) is 0 Å². The summed E-state index contributed by atoms with van der Waals surface area (Å²) in [4.78, 5) is 0. The summed E-state index contributed by atoms with van der Waals surface area (Å²) >= 11 is 12.4. The van der Waals surface area contributed by atoms with E-state index in [4.69, 9.17) is 42.1 Å². The summed E-state index contributed by atoms with van der Waals surface area (Å²) in [6, 6.07) is 13.1. The highest BCUT2D eigenvalue weighted by Gasteiger charge is 2.11. The Morgan fingerprint density at radius 3 is 2.26 bits per heavy atom. The van der Waals surface area contributed by atoms with Gasteiger partial charge in [-0.15, -0.1) is 0 Å². The lowest BCUT2D eigenvalue weighted by Crippen LogP contribution is -2.07. The highest BCUT2D eigenvalue weighted by atomic mass is 35.5. The van der Waals surface area contributed by atoms with Gasteiger partial charge < -0.3 is 18.9 Å². The highest BCUT2D eigenvalue weighted by Crippen LogP contribution is 2.37. The molecule has 124 valence electrons. The van der Waals surface area contributed by atoms with Crippen LogP contribution >= 0.6 is 23.2 Å². The van der Waals surface area contributed by atoms with E-state index < -0.39 is 0 Å². The Kier molecular flexibility index (Phi) is 7.49. The molecular formula is C17H18Cl2O4. The van der Waals surface area contributed by atoms with Crippen molar-refractivity contribution >= 4 is 23.2 Å². The van der Waals surface area contributed by atoms with Gasteiger partial charge in [-0.3, -0.25) is 0 Å². The summed E-state index contributed by atoms with van der Waals surface area (Å²) in [6.45, 7) is 1.45. The van der Waals surface area contributed by atoms with Gasteiger partial charge in [0.05, 0.1) is 23.3 Å². The number of benzene rings is 2. The van der Waals surface area contributed by atoms with E-state index in [1.54, 1.807) is 19.2 Å². The maximum Gasteiger partial charge on any atom is 0.189 e. The molecule has 2 aromatic rings. The van der Waals surface area contributed by atoms with E-state index in [1.807, 2.05) is 30.3 Å². The zero-order chi connectivity index (χ0) is 16.5. The van der Waals surface area contributed by atoms with Crippen molar-refractivity contribution in [3.05, 3.63) is 58.1 Å². The largest absolute Gasteiger partial charge is 0.486 e. The molecule has 0 aliphatic rings. The molecule has 2 rings (SSSR count). The molecule has 0 aromatic heterocycles. The van der Waals surface area contributed by atoms with Gasteiger partial charge in [-0.25, -0.2) is 0 Å². The molecule has 0 radical (unpaired) electrons. The first-order valence-electron chi connectivity index (χ1n) is 7.06. The molecule has 0 saturated carbocycles. The second-order valence-corrected chi connectivity index (χ2v) is 5.47. The van der Waals surface area contributed by atoms with Crippen LogP contribution in [0.15, 0.2) is 42.5 Å². The van der Waals surface area contributed by atoms with Gasteiger partial charge in [0.25, 0.3) is 0 Å². The summed E-state index contributed by atoms with van der Waals surface area (Å²) in [5, 5.41) is 0.778. The van der Waals surface area contributed by atoms with Crippen LogP contribution in [-0.2, 0) is 16.1 Å². The van der Waals surface area contributed by atoms with Crippen LogP contribution < -0.4 is 9.47 Å². The Hall–Kier alpha value is -1.46. The van der Waals surface area contributed by atoms with Gasteiger partial charge in [0.15, 0.2) is 12.5 Å². The lowest BCUT2D eigenvalue weighted by molar-refractivity contribution is -0.00848. The minimum atomic E-state index is 0.0975. The molecular weight excluding hydrogens is 339 g/mol. The lowest BCUT2D eigenvalue weighted by atomic mass is 10.2. The van der Waals surface area contributed by atoms with Crippen LogP contribution in [-0.4, -0.2) is 27.1 Å². The van der Waals surface area contributed by atoms with E-state index >= 15 is 0 Å². The van der Waals surface area contributed by atoms with Crippen molar-refractivity contribution < 1.29 is 18.9 Å². The monoisotopic (exact) mass is 356 g/mol. The Labute approximate surface area is 145 Å². The quantitative estimate of drug-likeness (QED) is 0.487. The molecule has 0 atom stereocenters. The molecule has 23 heavy (non-hydrogen) atoms. The second kappa shape index (κ2) is 9.63. The van der Waals surface area contributed by atoms with Crippen molar-refractivity contribution in [3.63, 3.8) is 0 Å². The summed E-state index contributed by atoms with van der Waals surface area (Å²) in [6.07, 6.45) is 0. The SMILES string of the molecule is COCCOCOc1cc(Cl)c(OCc2ccccc2)c(Cl)c1. The third-order valence-corrected chi connectivity index (χ3v) is 3.50. The maximum absolute atomic E-state index is 6.21. The fraction of sp³-hybridized carbons (Fsp3) is 0.294. The van der Waals surface area contributed by atoms with Crippen LogP contribution in [0.1, 0.15) is 5.56 Å². The first-order chi connectivity index (χ1) is 11.2. The third kappa shape index (κ3) is 5.92. The molecule has 0 heterocycles. The topological polar surface area (TPSA) is 36.9 Å². The summed E-state index contributed by atoms with van der Waals surface area (Å²) in [5.41, 5.74) is 1.03. The molecule has 0 N–H and O–H groups in total. The summed E-state index contributed by atoms with van der Waals surface area (Å²) < 4.78 is 21.2. The van der Waals surface area contributed by atoms with Crippen LogP contribution in [0.5, 0.6) is 11.5 Å². The van der Waals surface area contributed by atoms with Crippen LogP contribution in [0, 0.1) is 0 Å². The minimum Gasteiger partial charge on any atom is -0.486 e. The third-order valence-electron chi connectivity index (χ3n) is 2.94. The van der Waals surface area contributed by atoms with Crippen molar-refractivity contribution in [1.29, 1.82) is 0 Å². The Balaban J connectivity index is 1.91. The molecule has 0 unspecified atom stereocenters. The molecule has 4 nitrogen and oxygen atoms in total. The fourth-order valence-electron chi connectivity index (χ4n) is 1.80. The van der Waals surface area contributed by atoms with Gasteiger partial charge in [-0.2, -0.15) is 0 Å². The summed E-state index contributed by atoms with van der Waals surface area (Å²) in [5.74, 6) is 0.953. The van der Waals surface area contributed by atoms with Crippen molar-refractivity contribution in [3.8, 4) is 11.5 Å². The molecule has 0 saturated heterocycles. The van der Waals surface area contributed by atoms with Gasteiger partial charge >= 0.3 is 0 Å². The maximum atomic E-state index is 6.21. The van der Waals surface area contributed by atoms with Gasteiger partial charge in [-0.1, -0.05) is 53.5 Å². The minimum absolute atomic E-state index is 0.0975. The Bertz CT molecular complexity index is 582. The number of rotatable bonds is 9. The van der Waals surface area contributed by atoms with Crippen LogP contribution in [0.2, 0.25) is 10.0 Å². The van der Waals surface area contributed by atoms with Gasteiger partial charge in [0.2, 0.25) is 0 Å². The fourth-order valence-corrected chi connectivity index (χ4v) is 2.37. The van der Waals surface area contributed by atoms with Gasteiger partial charge in [0.1, 0.15) is 12.4 Å². The smallest absolute Gasteiger partial charge is 0.189 e.